The second kappa shape index (κ2) is 3.77. The molecule has 14 heavy (non-hydrogen) atoms. The minimum absolute atomic E-state index is 0.262. The zero-order valence-corrected chi connectivity index (χ0v) is 9.23. The van der Waals surface area contributed by atoms with Crippen molar-refractivity contribution in [2.24, 2.45) is 5.73 Å². The lowest BCUT2D eigenvalue weighted by Crippen LogP contribution is -2.10. The zero-order chi connectivity index (χ0) is 10.1. The third-order valence-corrected chi connectivity index (χ3v) is 3.25. The van der Waals surface area contributed by atoms with Crippen LogP contribution in [0, 0.1) is 6.92 Å². The zero-order valence-electron chi connectivity index (χ0n) is 7.66. The van der Waals surface area contributed by atoms with E-state index in [1.54, 1.807) is 0 Å². The second-order valence-corrected chi connectivity index (χ2v) is 4.59. The highest BCUT2D eigenvalue weighted by Gasteiger charge is 2.16. The molecule has 0 spiro atoms. The summed E-state index contributed by atoms with van der Waals surface area (Å²) < 4.78 is 6.17. The summed E-state index contributed by atoms with van der Waals surface area (Å²) in [6.45, 7) is 1.89. The van der Waals surface area contributed by atoms with Gasteiger partial charge >= 0.3 is 0 Å². The Bertz CT molecular complexity index is 435. The molecule has 2 rings (SSSR count). The molecule has 0 fully saturated rings. The topological polar surface area (TPSA) is 39.2 Å². The predicted octanol–water partition coefficient (Wildman–Crippen LogP) is 3.35. The fourth-order valence-electron chi connectivity index (χ4n) is 1.30. The van der Waals surface area contributed by atoms with Crippen molar-refractivity contribution in [2.45, 2.75) is 13.0 Å². The molecule has 0 radical (unpaired) electrons. The molecule has 0 aliphatic carbocycles. The first-order valence-corrected chi connectivity index (χ1v) is 5.49. The van der Waals surface area contributed by atoms with Gasteiger partial charge in [-0.25, -0.2) is 0 Å². The Kier molecular flexibility index (Phi) is 2.63. The molecule has 0 aliphatic heterocycles. The third-order valence-electron chi connectivity index (χ3n) is 2.05. The number of halogens is 1. The monoisotopic (exact) mass is 227 g/mol. The van der Waals surface area contributed by atoms with E-state index in [9.17, 15) is 0 Å². The van der Waals surface area contributed by atoms with Crippen LogP contribution in [0.5, 0.6) is 0 Å². The molecule has 0 bridgehead atoms. The number of hydrogen-bond acceptors (Lipinski definition) is 3. The van der Waals surface area contributed by atoms with Gasteiger partial charge in [-0.15, -0.1) is 11.3 Å². The first kappa shape index (κ1) is 9.77. The standard InChI is InChI=1S/C10H10ClNOS/c1-6-2-3-8(13-6)9(12)7-4-5-14-10(7)11/h2-5,9H,12H2,1H3. The van der Waals surface area contributed by atoms with E-state index in [4.69, 9.17) is 21.8 Å². The molecule has 0 saturated heterocycles. The maximum Gasteiger partial charge on any atom is 0.125 e. The first-order valence-electron chi connectivity index (χ1n) is 4.23. The van der Waals surface area contributed by atoms with E-state index < -0.39 is 0 Å². The minimum atomic E-state index is -0.262. The number of thiophene rings is 1. The van der Waals surface area contributed by atoms with Crippen LogP contribution in [0.2, 0.25) is 4.34 Å². The van der Waals surface area contributed by atoms with Crippen LogP contribution >= 0.6 is 22.9 Å². The van der Waals surface area contributed by atoms with E-state index >= 15 is 0 Å². The Hall–Kier alpha value is -0.770. The molecular weight excluding hydrogens is 218 g/mol. The van der Waals surface area contributed by atoms with Crippen molar-refractivity contribution < 1.29 is 4.42 Å². The number of hydrogen-bond donors (Lipinski definition) is 1. The summed E-state index contributed by atoms with van der Waals surface area (Å²) in [5.74, 6) is 1.62. The van der Waals surface area contributed by atoms with Crippen LogP contribution in [0.1, 0.15) is 23.1 Å². The molecule has 1 unspecified atom stereocenters. The summed E-state index contributed by atoms with van der Waals surface area (Å²) >= 11 is 7.47. The van der Waals surface area contributed by atoms with Gasteiger partial charge in [0.1, 0.15) is 11.5 Å². The highest BCUT2D eigenvalue weighted by molar-refractivity contribution is 7.14. The van der Waals surface area contributed by atoms with Gasteiger partial charge in [0.15, 0.2) is 0 Å². The van der Waals surface area contributed by atoms with Gasteiger partial charge in [-0.2, -0.15) is 0 Å². The Morgan fingerprint density at radius 2 is 2.21 bits per heavy atom. The van der Waals surface area contributed by atoms with Crippen molar-refractivity contribution in [3.05, 3.63) is 45.0 Å². The van der Waals surface area contributed by atoms with Gasteiger partial charge in [-0.1, -0.05) is 11.6 Å². The van der Waals surface area contributed by atoms with Crippen molar-refractivity contribution >= 4 is 22.9 Å². The molecule has 2 N–H and O–H groups in total. The first-order chi connectivity index (χ1) is 6.68. The van der Waals surface area contributed by atoms with Crippen molar-refractivity contribution in [3.63, 3.8) is 0 Å². The summed E-state index contributed by atoms with van der Waals surface area (Å²) in [4.78, 5) is 0. The number of aryl methyl sites for hydroxylation is 1. The normalized spacial score (nSPS) is 13.1. The smallest absolute Gasteiger partial charge is 0.125 e. The van der Waals surface area contributed by atoms with Crippen LogP contribution in [0.15, 0.2) is 28.0 Å². The van der Waals surface area contributed by atoms with Gasteiger partial charge in [0.2, 0.25) is 0 Å². The van der Waals surface area contributed by atoms with E-state index in [1.165, 1.54) is 11.3 Å². The lowest BCUT2D eigenvalue weighted by molar-refractivity contribution is 0.466. The predicted molar refractivity (Wildman–Crippen MR) is 58.8 cm³/mol. The molecule has 0 saturated carbocycles. The van der Waals surface area contributed by atoms with Gasteiger partial charge in [0, 0.05) is 5.56 Å². The van der Waals surface area contributed by atoms with Gasteiger partial charge < -0.3 is 10.2 Å². The van der Waals surface area contributed by atoms with Gasteiger partial charge in [0.25, 0.3) is 0 Å². The maximum absolute atomic E-state index is 6.00. The van der Waals surface area contributed by atoms with Crippen molar-refractivity contribution in [1.29, 1.82) is 0 Å². The largest absolute Gasteiger partial charge is 0.464 e. The van der Waals surface area contributed by atoms with Crippen molar-refractivity contribution in [3.8, 4) is 0 Å². The van der Waals surface area contributed by atoms with Crippen molar-refractivity contribution in [2.75, 3.05) is 0 Å². The average molecular weight is 228 g/mol. The number of furan rings is 1. The molecule has 2 heterocycles. The van der Waals surface area contributed by atoms with E-state index in [-0.39, 0.29) is 6.04 Å². The van der Waals surface area contributed by atoms with Crippen LogP contribution in [-0.4, -0.2) is 0 Å². The molecule has 0 aliphatic rings. The molecule has 0 amide bonds. The summed E-state index contributed by atoms with van der Waals surface area (Å²) in [7, 11) is 0. The summed E-state index contributed by atoms with van der Waals surface area (Å²) in [5.41, 5.74) is 6.93. The molecule has 2 aromatic heterocycles. The fraction of sp³-hybridized carbons (Fsp3) is 0.200. The summed E-state index contributed by atoms with van der Waals surface area (Å²) in [6, 6.07) is 5.45. The highest BCUT2D eigenvalue weighted by atomic mass is 35.5. The van der Waals surface area contributed by atoms with Gasteiger partial charge in [-0.05, 0) is 30.5 Å². The highest BCUT2D eigenvalue weighted by Crippen LogP contribution is 2.31. The van der Waals surface area contributed by atoms with E-state index in [1.807, 2.05) is 30.5 Å². The van der Waals surface area contributed by atoms with Crippen LogP contribution in [-0.2, 0) is 0 Å². The molecule has 1 atom stereocenters. The van der Waals surface area contributed by atoms with Gasteiger partial charge in [-0.3, -0.25) is 0 Å². The molecule has 2 nitrogen and oxygen atoms in total. The third kappa shape index (κ3) is 1.71. The fourth-order valence-corrected chi connectivity index (χ4v) is 2.30. The van der Waals surface area contributed by atoms with Crippen LogP contribution < -0.4 is 5.73 Å². The van der Waals surface area contributed by atoms with E-state index in [2.05, 4.69) is 0 Å². The van der Waals surface area contributed by atoms with E-state index in [0.29, 0.717) is 0 Å². The lowest BCUT2D eigenvalue weighted by atomic mass is 10.1. The van der Waals surface area contributed by atoms with Crippen molar-refractivity contribution in [1.82, 2.24) is 0 Å². The molecule has 4 heteroatoms. The Morgan fingerprint density at radius 1 is 1.43 bits per heavy atom. The maximum atomic E-state index is 6.00. The molecule has 0 aromatic carbocycles. The number of nitrogens with two attached hydrogens (primary N) is 1. The quantitative estimate of drug-likeness (QED) is 0.855. The summed E-state index contributed by atoms with van der Waals surface area (Å²) in [6.07, 6.45) is 0. The van der Waals surface area contributed by atoms with Gasteiger partial charge in [0.05, 0.1) is 10.4 Å². The average Bonchev–Trinajstić information content (AvgIpc) is 2.73. The van der Waals surface area contributed by atoms with Crippen LogP contribution in [0.3, 0.4) is 0 Å². The molecular formula is C10H10ClNOS. The Morgan fingerprint density at radius 3 is 2.71 bits per heavy atom. The Balaban J connectivity index is 2.33. The minimum Gasteiger partial charge on any atom is -0.464 e. The van der Waals surface area contributed by atoms with Crippen LogP contribution in [0.4, 0.5) is 0 Å². The molecule has 2 aromatic rings. The Labute approximate surface area is 91.3 Å². The second-order valence-electron chi connectivity index (χ2n) is 3.08. The number of rotatable bonds is 2. The SMILES string of the molecule is Cc1ccc(C(N)c2ccsc2Cl)o1. The van der Waals surface area contributed by atoms with E-state index in [0.717, 1.165) is 21.4 Å². The van der Waals surface area contributed by atoms with Crippen LogP contribution in [0.25, 0.3) is 0 Å². The lowest BCUT2D eigenvalue weighted by Gasteiger charge is -2.06. The summed E-state index contributed by atoms with van der Waals surface area (Å²) in [5, 5.41) is 1.92. The molecule has 74 valence electrons.